The van der Waals surface area contributed by atoms with Crippen LogP contribution in [0.1, 0.15) is 11.1 Å². The number of benzene rings is 1. The van der Waals surface area contributed by atoms with Gasteiger partial charge in [-0.2, -0.15) is 13.2 Å². The molecule has 0 saturated carbocycles. The van der Waals surface area contributed by atoms with Gasteiger partial charge in [0.05, 0.1) is 0 Å². The summed E-state index contributed by atoms with van der Waals surface area (Å²) in [6.45, 7) is 0. The van der Waals surface area contributed by atoms with Crippen LogP contribution >= 0.6 is 27.5 Å². The molecule has 0 unspecified atom stereocenters. The van der Waals surface area contributed by atoms with E-state index in [0.29, 0.717) is 10.9 Å². The third-order valence-corrected chi connectivity index (χ3v) is 2.67. The number of alkyl halides is 4. The fraction of sp³-hybridized carbons (Fsp3) is 0.200. The minimum Gasteiger partial charge on any atom is -0.165 e. The van der Waals surface area contributed by atoms with Crippen LogP contribution in [0.3, 0.4) is 0 Å². The van der Waals surface area contributed by atoms with Crippen molar-refractivity contribution in [3.8, 4) is 0 Å². The van der Waals surface area contributed by atoms with Gasteiger partial charge in [0.2, 0.25) is 0 Å². The Kier molecular flexibility index (Phi) is 4.22. The predicted molar refractivity (Wildman–Crippen MR) is 59.0 cm³/mol. The van der Waals surface area contributed by atoms with Crippen LogP contribution in [0.5, 0.6) is 0 Å². The Bertz CT molecular complexity index is 354. The van der Waals surface area contributed by atoms with Gasteiger partial charge in [-0.1, -0.05) is 51.8 Å². The molecule has 5 heteroatoms. The van der Waals surface area contributed by atoms with E-state index in [1.54, 1.807) is 24.3 Å². The van der Waals surface area contributed by atoms with Crippen molar-refractivity contribution in [2.45, 2.75) is 11.5 Å². The first kappa shape index (κ1) is 12.6. The molecule has 0 aromatic heterocycles. The monoisotopic (exact) mass is 298 g/mol. The lowest BCUT2D eigenvalue weighted by atomic mass is 10.1. The van der Waals surface area contributed by atoms with E-state index in [1.807, 2.05) is 0 Å². The zero-order valence-electron chi connectivity index (χ0n) is 7.48. The lowest BCUT2D eigenvalue weighted by Gasteiger charge is -2.04. The van der Waals surface area contributed by atoms with Gasteiger partial charge in [0.25, 0.3) is 0 Å². The Morgan fingerprint density at radius 3 is 2.20 bits per heavy atom. The van der Waals surface area contributed by atoms with Gasteiger partial charge in [-0.3, -0.25) is 0 Å². The smallest absolute Gasteiger partial charge is 0.165 e. The third kappa shape index (κ3) is 3.87. The van der Waals surface area contributed by atoms with E-state index >= 15 is 0 Å². The molecular formula is C10H7BrClF3. The molecule has 0 spiro atoms. The van der Waals surface area contributed by atoms with Crippen LogP contribution in [0.2, 0.25) is 0 Å². The largest absolute Gasteiger partial charge is 0.426 e. The first-order chi connectivity index (χ1) is 6.93. The second-order valence-corrected chi connectivity index (χ2v) is 3.83. The van der Waals surface area contributed by atoms with Crippen molar-refractivity contribution in [2.24, 2.45) is 0 Å². The second kappa shape index (κ2) is 5.03. The van der Waals surface area contributed by atoms with Crippen LogP contribution in [0.15, 0.2) is 29.3 Å². The molecule has 0 fully saturated rings. The maximum Gasteiger partial charge on any atom is 0.426 e. The Hall–Kier alpha value is -0.480. The number of halogens is 5. The standard InChI is InChI=1S/C10H7BrClF3/c11-6-8-3-1-7(2-4-8)5-9(12)10(13,14)15/h1-5H,6H2/b9-5-. The van der Waals surface area contributed by atoms with Crippen LogP contribution in [-0.4, -0.2) is 6.18 Å². The molecule has 0 nitrogen and oxygen atoms in total. The minimum atomic E-state index is -4.48. The molecule has 0 amide bonds. The topological polar surface area (TPSA) is 0 Å². The summed E-state index contributed by atoms with van der Waals surface area (Å²) in [5.74, 6) is 0. The van der Waals surface area contributed by atoms with E-state index in [1.165, 1.54) is 0 Å². The van der Waals surface area contributed by atoms with Gasteiger partial charge >= 0.3 is 6.18 Å². The van der Waals surface area contributed by atoms with Crippen molar-refractivity contribution >= 4 is 33.6 Å². The van der Waals surface area contributed by atoms with Gasteiger partial charge in [0.1, 0.15) is 5.03 Å². The third-order valence-electron chi connectivity index (χ3n) is 1.70. The molecule has 0 N–H and O–H groups in total. The Morgan fingerprint density at radius 1 is 1.27 bits per heavy atom. The van der Waals surface area contributed by atoms with Crippen LogP contribution < -0.4 is 0 Å². The van der Waals surface area contributed by atoms with E-state index in [2.05, 4.69) is 15.9 Å². The molecule has 0 radical (unpaired) electrons. The fourth-order valence-electron chi connectivity index (χ4n) is 0.931. The molecule has 1 rings (SSSR count). The lowest BCUT2D eigenvalue weighted by molar-refractivity contribution is -0.0836. The van der Waals surface area contributed by atoms with Crippen molar-refractivity contribution in [1.29, 1.82) is 0 Å². The SMILES string of the molecule is FC(F)(F)/C(Cl)=C/c1ccc(CBr)cc1. The second-order valence-electron chi connectivity index (χ2n) is 2.87. The summed E-state index contributed by atoms with van der Waals surface area (Å²) in [6, 6.07) is 6.65. The summed E-state index contributed by atoms with van der Waals surface area (Å²) in [7, 11) is 0. The molecule has 82 valence electrons. The molecule has 0 bridgehead atoms. The van der Waals surface area contributed by atoms with Crippen molar-refractivity contribution < 1.29 is 13.2 Å². The van der Waals surface area contributed by atoms with Crippen LogP contribution in [0.4, 0.5) is 13.2 Å². The molecule has 0 aliphatic heterocycles. The molecule has 0 aliphatic rings. The lowest BCUT2D eigenvalue weighted by Crippen LogP contribution is -2.06. The Labute approximate surface area is 98.9 Å². The molecule has 1 aromatic rings. The average Bonchev–Trinajstić information content (AvgIpc) is 2.17. The Balaban J connectivity index is 2.89. The maximum atomic E-state index is 12.1. The minimum absolute atomic E-state index is 0.432. The molecular weight excluding hydrogens is 292 g/mol. The first-order valence-electron chi connectivity index (χ1n) is 4.03. The van der Waals surface area contributed by atoms with Gasteiger partial charge in [0, 0.05) is 5.33 Å². The predicted octanol–water partition coefficient (Wildman–Crippen LogP) is 4.72. The normalized spacial score (nSPS) is 13.0. The number of rotatable bonds is 2. The highest BCUT2D eigenvalue weighted by atomic mass is 79.9. The molecule has 0 saturated heterocycles. The number of hydrogen-bond acceptors (Lipinski definition) is 0. The number of allylic oxidation sites excluding steroid dienone is 1. The highest BCUT2D eigenvalue weighted by Gasteiger charge is 2.32. The van der Waals surface area contributed by atoms with Crippen LogP contribution in [0, 0.1) is 0 Å². The van der Waals surface area contributed by atoms with E-state index in [0.717, 1.165) is 11.6 Å². The zero-order chi connectivity index (χ0) is 11.5. The van der Waals surface area contributed by atoms with Crippen molar-refractivity contribution in [3.05, 3.63) is 40.4 Å². The summed E-state index contributed by atoms with van der Waals surface area (Å²) in [5, 5.41) is -0.446. The summed E-state index contributed by atoms with van der Waals surface area (Å²) in [5.41, 5.74) is 1.43. The Morgan fingerprint density at radius 2 is 1.80 bits per heavy atom. The molecule has 0 atom stereocenters. The van der Waals surface area contributed by atoms with Crippen molar-refractivity contribution in [2.75, 3.05) is 0 Å². The zero-order valence-corrected chi connectivity index (χ0v) is 9.83. The van der Waals surface area contributed by atoms with Crippen molar-refractivity contribution in [3.63, 3.8) is 0 Å². The van der Waals surface area contributed by atoms with Gasteiger partial charge in [-0.25, -0.2) is 0 Å². The molecule has 0 heterocycles. The van der Waals surface area contributed by atoms with Gasteiger partial charge < -0.3 is 0 Å². The summed E-state index contributed by atoms with van der Waals surface area (Å²) in [4.78, 5) is 0. The maximum absolute atomic E-state index is 12.1. The van der Waals surface area contributed by atoms with E-state index in [-0.39, 0.29) is 0 Å². The molecule has 15 heavy (non-hydrogen) atoms. The molecule has 0 aliphatic carbocycles. The van der Waals surface area contributed by atoms with E-state index in [9.17, 15) is 13.2 Å². The summed E-state index contributed by atoms with van der Waals surface area (Å²) < 4.78 is 36.2. The highest BCUT2D eigenvalue weighted by molar-refractivity contribution is 9.08. The van der Waals surface area contributed by atoms with E-state index < -0.39 is 11.2 Å². The van der Waals surface area contributed by atoms with Gasteiger partial charge in [0.15, 0.2) is 0 Å². The van der Waals surface area contributed by atoms with Gasteiger partial charge in [-0.15, -0.1) is 0 Å². The quantitative estimate of drug-likeness (QED) is 0.693. The average molecular weight is 300 g/mol. The van der Waals surface area contributed by atoms with E-state index in [4.69, 9.17) is 11.6 Å². The van der Waals surface area contributed by atoms with Crippen LogP contribution in [-0.2, 0) is 5.33 Å². The van der Waals surface area contributed by atoms with Crippen molar-refractivity contribution in [1.82, 2.24) is 0 Å². The highest BCUT2D eigenvalue weighted by Crippen LogP contribution is 2.30. The van der Waals surface area contributed by atoms with Crippen LogP contribution in [0.25, 0.3) is 6.08 Å². The molecule has 1 aromatic carbocycles. The first-order valence-corrected chi connectivity index (χ1v) is 5.52. The fourth-order valence-corrected chi connectivity index (χ4v) is 1.43. The summed E-state index contributed by atoms with van der Waals surface area (Å²) >= 11 is 8.34. The summed E-state index contributed by atoms with van der Waals surface area (Å²) in [6.07, 6.45) is -3.57. The number of hydrogen-bond donors (Lipinski definition) is 0. The van der Waals surface area contributed by atoms with Gasteiger partial charge in [-0.05, 0) is 17.2 Å².